The van der Waals surface area contributed by atoms with Gasteiger partial charge in [-0.05, 0) is 33.2 Å². The highest BCUT2D eigenvalue weighted by molar-refractivity contribution is 4.99. The average Bonchev–Trinajstić information content (AvgIpc) is 2.74. The summed E-state index contributed by atoms with van der Waals surface area (Å²) in [6.07, 6.45) is 6.29. The maximum Gasteiger partial charge on any atom is 0.123 e. The van der Waals surface area contributed by atoms with Gasteiger partial charge in [0.25, 0.3) is 0 Å². The fourth-order valence-corrected chi connectivity index (χ4v) is 2.16. The summed E-state index contributed by atoms with van der Waals surface area (Å²) in [4.78, 5) is 10.1. The number of H-pyrrole nitrogens is 1. The molecule has 72 valence electrons. The van der Waals surface area contributed by atoms with Crippen molar-refractivity contribution in [1.82, 2.24) is 14.9 Å². The second-order valence-corrected chi connectivity index (χ2v) is 3.96. The zero-order valence-corrected chi connectivity index (χ0v) is 8.33. The van der Waals surface area contributed by atoms with Gasteiger partial charge in [-0.1, -0.05) is 0 Å². The lowest BCUT2D eigenvalue weighted by molar-refractivity contribution is 0.199. The molecule has 1 aromatic rings. The lowest BCUT2D eigenvalue weighted by atomic mass is 10.2. The van der Waals surface area contributed by atoms with Crippen LogP contribution in [-0.4, -0.2) is 27.5 Å². The van der Waals surface area contributed by atoms with E-state index in [1.54, 1.807) is 0 Å². The number of imidazole rings is 1. The fourth-order valence-electron chi connectivity index (χ4n) is 2.16. The minimum absolute atomic E-state index is 0.523. The third-order valence-electron chi connectivity index (χ3n) is 2.79. The molecule has 1 aliphatic rings. The molecule has 0 saturated carbocycles. The second kappa shape index (κ2) is 3.50. The molecule has 3 nitrogen and oxygen atoms in total. The predicted molar refractivity (Wildman–Crippen MR) is 52.4 cm³/mol. The Kier molecular flexibility index (Phi) is 2.36. The van der Waals surface area contributed by atoms with Crippen molar-refractivity contribution in [3.05, 3.63) is 18.2 Å². The molecule has 1 unspecified atom stereocenters. The summed E-state index contributed by atoms with van der Waals surface area (Å²) in [7, 11) is 0. The summed E-state index contributed by atoms with van der Waals surface area (Å²) in [6, 6.07) is 1.15. The van der Waals surface area contributed by atoms with E-state index in [0.29, 0.717) is 12.1 Å². The van der Waals surface area contributed by atoms with Crippen LogP contribution in [0.25, 0.3) is 0 Å². The Labute approximate surface area is 79.2 Å². The van der Waals surface area contributed by atoms with Crippen molar-refractivity contribution in [2.24, 2.45) is 0 Å². The molecular weight excluding hydrogens is 162 g/mol. The first-order valence-corrected chi connectivity index (χ1v) is 5.04. The van der Waals surface area contributed by atoms with E-state index in [0.717, 1.165) is 5.82 Å². The van der Waals surface area contributed by atoms with Gasteiger partial charge in [0.1, 0.15) is 5.82 Å². The lowest BCUT2D eigenvalue weighted by Crippen LogP contribution is -2.30. The highest BCUT2D eigenvalue weighted by atomic mass is 15.2. The van der Waals surface area contributed by atoms with Crippen LogP contribution in [-0.2, 0) is 0 Å². The molecule has 0 spiro atoms. The van der Waals surface area contributed by atoms with Crippen molar-refractivity contribution in [3.63, 3.8) is 0 Å². The van der Waals surface area contributed by atoms with E-state index in [1.165, 1.54) is 19.4 Å². The van der Waals surface area contributed by atoms with Crippen LogP contribution < -0.4 is 0 Å². The number of nitrogens with zero attached hydrogens (tertiary/aromatic N) is 2. The number of likely N-dealkylation sites (tertiary alicyclic amines) is 1. The van der Waals surface area contributed by atoms with Gasteiger partial charge in [0.05, 0.1) is 6.04 Å². The normalized spacial score (nSPS) is 24.4. The van der Waals surface area contributed by atoms with Gasteiger partial charge in [-0.2, -0.15) is 0 Å². The largest absolute Gasteiger partial charge is 0.347 e. The molecule has 1 N–H and O–H groups in total. The highest BCUT2D eigenvalue weighted by Crippen LogP contribution is 2.31. The average molecular weight is 179 g/mol. The summed E-state index contributed by atoms with van der Waals surface area (Å²) >= 11 is 0. The molecule has 0 bridgehead atoms. The van der Waals surface area contributed by atoms with E-state index in [-0.39, 0.29) is 0 Å². The lowest BCUT2D eigenvalue weighted by Gasteiger charge is -2.26. The van der Waals surface area contributed by atoms with Crippen LogP contribution in [0.2, 0.25) is 0 Å². The van der Waals surface area contributed by atoms with Gasteiger partial charge >= 0.3 is 0 Å². The topological polar surface area (TPSA) is 31.9 Å². The molecule has 0 aliphatic carbocycles. The van der Waals surface area contributed by atoms with Crippen molar-refractivity contribution >= 4 is 0 Å². The third kappa shape index (κ3) is 1.61. The first-order valence-electron chi connectivity index (χ1n) is 5.04. The number of rotatable bonds is 2. The number of hydrogen-bond acceptors (Lipinski definition) is 2. The van der Waals surface area contributed by atoms with Gasteiger partial charge < -0.3 is 4.98 Å². The number of hydrogen-bond donors (Lipinski definition) is 1. The van der Waals surface area contributed by atoms with Crippen LogP contribution in [0.3, 0.4) is 0 Å². The molecule has 1 aliphatic heterocycles. The van der Waals surface area contributed by atoms with Crippen molar-refractivity contribution in [2.45, 2.75) is 38.8 Å². The van der Waals surface area contributed by atoms with Gasteiger partial charge in [0, 0.05) is 18.4 Å². The molecule has 1 aromatic heterocycles. The van der Waals surface area contributed by atoms with E-state index >= 15 is 0 Å². The van der Waals surface area contributed by atoms with E-state index in [1.807, 2.05) is 12.4 Å². The number of nitrogens with one attached hydrogen (secondary N) is 1. The molecule has 1 saturated heterocycles. The maximum absolute atomic E-state index is 4.33. The van der Waals surface area contributed by atoms with E-state index in [4.69, 9.17) is 0 Å². The first-order chi connectivity index (χ1) is 6.29. The summed E-state index contributed by atoms with van der Waals surface area (Å²) in [5.74, 6) is 1.13. The Balaban J connectivity index is 2.14. The molecule has 1 fully saturated rings. The van der Waals surface area contributed by atoms with Gasteiger partial charge in [-0.25, -0.2) is 4.98 Å². The standard InChI is InChI=1S/C10H17N3/c1-8(2)13-7-3-4-9(13)10-11-5-6-12-10/h5-6,8-9H,3-4,7H2,1-2H3,(H,11,12). The number of aromatic nitrogens is 2. The van der Waals surface area contributed by atoms with Crippen molar-refractivity contribution in [3.8, 4) is 0 Å². The van der Waals surface area contributed by atoms with E-state index in [2.05, 4.69) is 28.7 Å². The molecule has 0 radical (unpaired) electrons. The Morgan fingerprint density at radius 2 is 2.46 bits per heavy atom. The molecule has 3 heteroatoms. The fraction of sp³-hybridized carbons (Fsp3) is 0.700. The van der Waals surface area contributed by atoms with Crippen LogP contribution in [0.4, 0.5) is 0 Å². The quantitative estimate of drug-likeness (QED) is 0.752. The molecule has 1 atom stereocenters. The Hall–Kier alpha value is -0.830. The SMILES string of the molecule is CC(C)N1CCCC1c1ncc[nH]1. The van der Waals surface area contributed by atoms with E-state index < -0.39 is 0 Å². The van der Waals surface area contributed by atoms with Gasteiger partial charge in [-0.15, -0.1) is 0 Å². The number of aromatic amines is 1. The zero-order chi connectivity index (χ0) is 9.26. The van der Waals surface area contributed by atoms with Gasteiger partial charge in [0.15, 0.2) is 0 Å². The molecule has 2 rings (SSSR count). The Morgan fingerprint density at radius 1 is 1.62 bits per heavy atom. The minimum atomic E-state index is 0.523. The van der Waals surface area contributed by atoms with Crippen LogP contribution in [0, 0.1) is 0 Å². The molecule has 0 aromatic carbocycles. The van der Waals surface area contributed by atoms with Crippen LogP contribution >= 0.6 is 0 Å². The molecule has 0 amide bonds. The summed E-state index contributed by atoms with van der Waals surface area (Å²) in [6.45, 7) is 5.71. The van der Waals surface area contributed by atoms with Crippen molar-refractivity contribution < 1.29 is 0 Å². The summed E-state index contributed by atoms with van der Waals surface area (Å²) < 4.78 is 0. The van der Waals surface area contributed by atoms with Gasteiger partial charge in [0.2, 0.25) is 0 Å². The van der Waals surface area contributed by atoms with Crippen LogP contribution in [0.1, 0.15) is 38.6 Å². The summed E-state index contributed by atoms with van der Waals surface area (Å²) in [5, 5.41) is 0. The smallest absolute Gasteiger partial charge is 0.123 e. The van der Waals surface area contributed by atoms with Gasteiger partial charge in [-0.3, -0.25) is 4.90 Å². The first kappa shape index (κ1) is 8.75. The molecule has 2 heterocycles. The van der Waals surface area contributed by atoms with Crippen molar-refractivity contribution in [2.75, 3.05) is 6.54 Å². The van der Waals surface area contributed by atoms with Crippen LogP contribution in [0.15, 0.2) is 12.4 Å². The Morgan fingerprint density at radius 3 is 3.08 bits per heavy atom. The van der Waals surface area contributed by atoms with Crippen LogP contribution in [0.5, 0.6) is 0 Å². The Bertz CT molecular complexity index is 253. The summed E-state index contributed by atoms with van der Waals surface area (Å²) in [5.41, 5.74) is 0. The molecule has 13 heavy (non-hydrogen) atoms. The molecular formula is C10H17N3. The second-order valence-electron chi connectivity index (χ2n) is 3.96. The van der Waals surface area contributed by atoms with E-state index in [9.17, 15) is 0 Å². The zero-order valence-electron chi connectivity index (χ0n) is 8.33. The highest BCUT2D eigenvalue weighted by Gasteiger charge is 2.29. The maximum atomic E-state index is 4.33. The minimum Gasteiger partial charge on any atom is -0.347 e. The predicted octanol–water partition coefficient (Wildman–Crippen LogP) is 1.96. The third-order valence-corrected chi connectivity index (χ3v) is 2.79. The van der Waals surface area contributed by atoms with Crippen molar-refractivity contribution in [1.29, 1.82) is 0 Å². The monoisotopic (exact) mass is 179 g/mol.